The van der Waals surface area contributed by atoms with Crippen LogP contribution in [0, 0.1) is 13.8 Å². The van der Waals surface area contributed by atoms with E-state index in [4.69, 9.17) is 0 Å². The van der Waals surface area contributed by atoms with Gasteiger partial charge in [0.1, 0.15) is 11.5 Å². The van der Waals surface area contributed by atoms with Gasteiger partial charge in [0.15, 0.2) is 0 Å². The molecule has 2 aromatic rings. The Hall–Kier alpha value is -2.51. The van der Waals surface area contributed by atoms with Crippen LogP contribution in [0.4, 0.5) is 19.0 Å². The average Bonchev–Trinajstić information content (AvgIpc) is 2.93. The largest absolute Gasteiger partial charge is 0.417 e. The summed E-state index contributed by atoms with van der Waals surface area (Å²) in [4.78, 5) is 21.3. The molecule has 8 heteroatoms. The molecule has 1 aliphatic heterocycles. The summed E-state index contributed by atoms with van der Waals surface area (Å²) in [6.07, 6.45) is -1.89. The van der Waals surface area contributed by atoms with Crippen LogP contribution < -0.4 is 10.2 Å². The summed E-state index contributed by atoms with van der Waals surface area (Å²) in [5.74, 6) is 0.326. The fourth-order valence-electron chi connectivity index (χ4n) is 3.27. The van der Waals surface area contributed by atoms with Crippen molar-refractivity contribution in [3.63, 3.8) is 0 Å². The molecule has 0 aromatic carbocycles. The van der Waals surface area contributed by atoms with Crippen molar-refractivity contribution < 1.29 is 18.0 Å². The third kappa shape index (κ3) is 4.00. The van der Waals surface area contributed by atoms with Gasteiger partial charge in [0.2, 0.25) is 0 Å². The molecule has 1 aliphatic rings. The minimum absolute atomic E-state index is 0.0802. The van der Waals surface area contributed by atoms with Gasteiger partial charge in [-0.25, -0.2) is 4.98 Å². The lowest BCUT2D eigenvalue weighted by Crippen LogP contribution is -2.48. The summed E-state index contributed by atoms with van der Waals surface area (Å²) in [6, 6.07) is 4.25. The van der Waals surface area contributed by atoms with Crippen molar-refractivity contribution in [2.75, 3.05) is 18.0 Å². The van der Waals surface area contributed by atoms with Crippen LogP contribution in [0.2, 0.25) is 0 Å². The molecule has 5 nitrogen and oxygen atoms in total. The number of halogens is 3. The third-order valence-electron chi connectivity index (χ3n) is 4.53. The predicted octanol–water partition coefficient (Wildman–Crippen LogP) is 3.44. The monoisotopic (exact) mass is 366 g/mol. The number of pyridine rings is 1. The Labute approximate surface area is 149 Å². The number of carbonyl (C=O) groups is 1. The molecule has 1 atom stereocenters. The topological polar surface area (TPSA) is 61.0 Å². The highest BCUT2D eigenvalue weighted by Gasteiger charge is 2.31. The van der Waals surface area contributed by atoms with Gasteiger partial charge in [0, 0.05) is 31.0 Å². The maximum Gasteiger partial charge on any atom is 0.417 e. The van der Waals surface area contributed by atoms with Gasteiger partial charge >= 0.3 is 6.18 Å². The highest BCUT2D eigenvalue weighted by molar-refractivity contribution is 5.94. The number of amides is 1. The lowest BCUT2D eigenvalue weighted by atomic mass is 10.1. The Morgan fingerprint density at radius 1 is 1.35 bits per heavy atom. The fourth-order valence-corrected chi connectivity index (χ4v) is 3.27. The van der Waals surface area contributed by atoms with E-state index in [1.54, 1.807) is 0 Å². The Kier molecular flexibility index (Phi) is 4.93. The normalized spacial score (nSPS) is 18.0. The van der Waals surface area contributed by atoms with E-state index in [-0.39, 0.29) is 11.9 Å². The van der Waals surface area contributed by atoms with Crippen LogP contribution in [0.15, 0.2) is 24.4 Å². The van der Waals surface area contributed by atoms with E-state index in [0.29, 0.717) is 24.6 Å². The van der Waals surface area contributed by atoms with Crippen LogP contribution in [0.25, 0.3) is 0 Å². The molecule has 140 valence electrons. The standard InChI is InChI=1S/C18H21F3N4O/c1-11-8-12(2)23-16(11)17(26)24-14-4-3-7-25(10-14)15-6-5-13(9-22-15)18(19,20)21/h5-6,8-9,14,23H,3-4,7,10H2,1-2H3,(H,24,26). The van der Waals surface area contributed by atoms with E-state index in [1.807, 2.05) is 24.8 Å². The number of alkyl halides is 3. The van der Waals surface area contributed by atoms with Crippen LogP contribution in [0.1, 0.15) is 40.2 Å². The molecule has 1 unspecified atom stereocenters. The van der Waals surface area contributed by atoms with E-state index < -0.39 is 11.7 Å². The smallest absolute Gasteiger partial charge is 0.355 e. The highest BCUT2D eigenvalue weighted by atomic mass is 19.4. The van der Waals surface area contributed by atoms with E-state index in [2.05, 4.69) is 15.3 Å². The summed E-state index contributed by atoms with van der Waals surface area (Å²) in [5, 5.41) is 3.01. The number of hydrogen-bond donors (Lipinski definition) is 2. The molecular weight excluding hydrogens is 345 g/mol. The van der Waals surface area contributed by atoms with Crippen molar-refractivity contribution in [1.82, 2.24) is 15.3 Å². The SMILES string of the molecule is Cc1cc(C)c(C(=O)NC2CCCN(c3ccc(C(F)(F)F)cn3)C2)[nH]1. The number of carbonyl (C=O) groups excluding carboxylic acids is 1. The molecular formula is C18H21F3N4O. The number of H-pyrrole nitrogens is 1. The Morgan fingerprint density at radius 2 is 2.12 bits per heavy atom. The van der Waals surface area contributed by atoms with Gasteiger partial charge < -0.3 is 15.2 Å². The Bertz CT molecular complexity index is 783. The van der Waals surface area contributed by atoms with Gasteiger partial charge in [-0.3, -0.25) is 4.79 Å². The number of aryl methyl sites for hydroxylation is 2. The summed E-state index contributed by atoms with van der Waals surface area (Å²) in [6.45, 7) is 4.98. The number of piperidine rings is 1. The number of nitrogens with one attached hydrogen (secondary N) is 2. The lowest BCUT2D eigenvalue weighted by molar-refractivity contribution is -0.137. The Balaban J connectivity index is 1.65. The van der Waals surface area contributed by atoms with Gasteiger partial charge in [-0.1, -0.05) is 0 Å². The second-order valence-electron chi connectivity index (χ2n) is 6.67. The molecule has 3 heterocycles. The summed E-state index contributed by atoms with van der Waals surface area (Å²) in [7, 11) is 0. The van der Waals surface area contributed by atoms with Crippen molar-refractivity contribution in [3.05, 3.63) is 46.9 Å². The van der Waals surface area contributed by atoms with E-state index in [0.717, 1.165) is 36.4 Å². The first-order valence-electron chi connectivity index (χ1n) is 8.49. The maximum atomic E-state index is 12.7. The molecule has 26 heavy (non-hydrogen) atoms. The minimum atomic E-state index is -4.39. The molecule has 2 N–H and O–H groups in total. The van der Waals surface area contributed by atoms with Crippen molar-refractivity contribution in [2.45, 2.75) is 38.9 Å². The third-order valence-corrected chi connectivity index (χ3v) is 4.53. The summed E-state index contributed by atoms with van der Waals surface area (Å²) < 4.78 is 38.0. The lowest BCUT2D eigenvalue weighted by Gasteiger charge is -2.34. The number of nitrogens with zero attached hydrogens (tertiary/aromatic N) is 2. The first-order chi connectivity index (χ1) is 12.2. The van der Waals surface area contributed by atoms with Crippen molar-refractivity contribution in [2.24, 2.45) is 0 Å². The predicted molar refractivity (Wildman–Crippen MR) is 92.2 cm³/mol. The molecule has 0 radical (unpaired) electrons. The van der Waals surface area contributed by atoms with Gasteiger partial charge in [-0.05, 0) is 50.5 Å². The first-order valence-corrected chi connectivity index (χ1v) is 8.49. The van der Waals surface area contributed by atoms with Crippen molar-refractivity contribution in [3.8, 4) is 0 Å². The zero-order chi connectivity index (χ0) is 18.9. The van der Waals surface area contributed by atoms with Crippen molar-refractivity contribution in [1.29, 1.82) is 0 Å². The number of rotatable bonds is 3. The fraction of sp³-hybridized carbons (Fsp3) is 0.444. The van der Waals surface area contributed by atoms with Gasteiger partial charge in [0.25, 0.3) is 5.91 Å². The van der Waals surface area contributed by atoms with Gasteiger partial charge in [-0.15, -0.1) is 0 Å². The summed E-state index contributed by atoms with van der Waals surface area (Å²) in [5.41, 5.74) is 1.59. The molecule has 1 amide bonds. The molecule has 1 saturated heterocycles. The second-order valence-corrected chi connectivity index (χ2v) is 6.67. The van der Waals surface area contributed by atoms with Crippen LogP contribution in [-0.4, -0.2) is 35.0 Å². The maximum absolute atomic E-state index is 12.7. The van der Waals surface area contributed by atoms with Crippen LogP contribution in [0.3, 0.4) is 0 Å². The van der Waals surface area contributed by atoms with Crippen LogP contribution in [0.5, 0.6) is 0 Å². The minimum Gasteiger partial charge on any atom is -0.355 e. The summed E-state index contributed by atoms with van der Waals surface area (Å²) >= 11 is 0. The molecule has 0 saturated carbocycles. The quantitative estimate of drug-likeness (QED) is 0.875. The molecule has 0 spiro atoms. The molecule has 2 aromatic heterocycles. The van der Waals surface area contributed by atoms with E-state index in [9.17, 15) is 18.0 Å². The van der Waals surface area contributed by atoms with Crippen LogP contribution in [-0.2, 0) is 6.18 Å². The zero-order valence-electron chi connectivity index (χ0n) is 14.7. The number of anilines is 1. The second kappa shape index (κ2) is 7.01. The van der Waals surface area contributed by atoms with E-state index >= 15 is 0 Å². The molecule has 1 fully saturated rings. The average molecular weight is 366 g/mol. The van der Waals surface area contributed by atoms with E-state index in [1.165, 1.54) is 6.07 Å². The number of aromatic nitrogens is 2. The Morgan fingerprint density at radius 3 is 2.69 bits per heavy atom. The molecule has 0 bridgehead atoms. The zero-order valence-corrected chi connectivity index (χ0v) is 14.7. The molecule has 3 rings (SSSR count). The number of aromatic amines is 1. The molecule has 0 aliphatic carbocycles. The number of hydrogen-bond acceptors (Lipinski definition) is 3. The van der Waals surface area contributed by atoms with Crippen molar-refractivity contribution >= 4 is 11.7 Å². The first kappa shape index (κ1) is 18.3. The highest BCUT2D eigenvalue weighted by Crippen LogP contribution is 2.29. The van der Waals surface area contributed by atoms with Gasteiger partial charge in [0.05, 0.1) is 5.56 Å². The van der Waals surface area contributed by atoms with Crippen LogP contribution >= 0.6 is 0 Å². The van der Waals surface area contributed by atoms with Gasteiger partial charge in [-0.2, -0.15) is 13.2 Å².